The molecule has 1 aliphatic heterocycles. The van der Waals surface area contributed by atoms with Gasteiger partial charge in [0.25, 0.3) is 0 Å². The van der Waals surface area contributed by atoms with Crippen LogP contribution in [0.15, 0.2) is 109 Å². The van der Waals surface area contributed by atoms with E-state index in [0.717, 1.165) is 11.1 Å². The first-order valence-corrected chi connectivity index (χ1v) is 20.5. The summed E-state index contributed by atoms with van der Waals surface area (Å²) < 4.78 is 42.2. The van der Waals surface area contributed by atoms with Crippen molar-refractivity contribution in [3.05, 3.63) is 115 Å². The lowest BCUT2D eigenvalue weighted by atomic mass is 9.92. The highest BCUT2D eigenvalue weighted by molar-refractivity contribution is 6.25. The van der Waals surface area contributed by atoms with Crippen molar-refractivity contribution in [1.29, 1.82) is 0 Å². The predicted molar refractivity (Wildman–Crippen MR) is 232 cm³/mol. The first-order valence-electron chi connectivity index (χ1n) is 20.5. The highest BCUT2D eigenvalue weighted by Crippen LogP contribution is 2.39. The lowest BCUT2D eigenvalue weighted by Gasteiger charge is -2.30. The van der Waals surface area contributed by atoms with Crippen molar-refractivity contribution in [2.75, 3.05) is 97.5 Å². The van der Waals surface area contributed by atoms with Crippen molar-refractivity contribution in [1.82, 2.24) is 0 Å². The number of benzene rings is 8. The maximum absolute atomic E-state index is 6.34. The van der Waals surface area contributed by atoms with Crippen LogP contribution in [-0.4, -0.2) is 98.0 Å². The smallest absolute Gasteiger partial charge is 0.112 e. The molecule has 9 nitrogen and oxygen atoms in total. The molecular weight excluding hydrogens is 731 g/mol. The lowest BCUT2D eigenvalue weighted by molar-refractivity contribution is -0.142. The summed E-state index contributed by atoms with van der Waals surface area (Å²) in [7, 11) is 0. The number of nitrogens with zero attached hydrogens (tertiary/aromatic N) is 1. The van der Waals surface area contributed by atoms with Gasteiger partial charge in [0.1, 0.15) is 5.60 Å². The molecule has 1 atom stereocenters. The highest BCUT2D eigenvalue weighted by atomic mass is 16.7. The number of rotatable bonds is 11. The molecule has 0 bridgehead atoms. The van der Waals surface area contributed by atoms with Crippen molar-refractivity contribution in [3.63, 3.8) is 0 Å². The molecule has 9 rings (SSSR count). The van der Waals surface area contributed by atoms with E-state index >= 15 is 0 Å². The highest BCUT2D eigenvalue weighted by Gasteiger charge is 2.26. The lowest BCUT2D eigenvalue weighted by Crippen LogP contribution is -2.41. The quantitative estimate of drug-likeness (QED) is 0.0943. The van der Waals surface area contributed by atoms with Crippen molar-refractivity contribution >= 4 is 70.3 Å². The molecule has 8 aromatic carbocycles. The largest absolute Gasteiger partial charge is 0.377 e. The van der Waals surface area contributed by atoms with Crippen LogP contribution < -0.4 is 5.06 Å². The fraction of sp³-hybridized carbons (Fsp3) is 0.347. The average molecular weight is 782 g/mol. The Balaban J connectivity index is 0.709. The summed E-state index contributed by atoms with van der Waals surface area (Å²) in [6.07, 6.45) is 0. The standard InChI is InChI=1S/C49H51NO8/c1-49(34-56-27-24-52-22-25-54-32-41-13-12-39-10-8-35-4-2-6-37-14-17-42(41)47(39)45(35)37)33-55-26-23-51-21-20-50(58-31-29-53-28-30-57-49)44-19-16-40-11-9-36-5-3-7-38-15-18-43(44)48(40)46(36)38/h2-19H,20-34H2,1H3. The van der Waals surface area contributed by atoms with Gasteiger partial charge in [0.2, 0.25) is 0 Å². The third-order valence-corrected chi connectivity index (χ3v) is 11.2. The van der Waals surface area contributed by atoms with Crippen LogP contribution >= 0.6 is 0 Å². The summed E-state index contributed by atoms with van der Waals surface area (Å²) in [5.74, 6) is 0. The van der Waals surface area contributed by atoms with Crippen LogP contribution in [0.5, 0.6) is 0 Å². The zero-order valence-electron chi connectivity index (χ0n) is 33.2. The van der Waals surface area contributed by atoms with E-state index in [1.54, 1.807) is 0 Å². The Morgan fingerprint density at radius 2 is 1.03 bits per heavy atom. The number of hydroxylamine groups is 1. The molecule has 0 radical (unpaired) electrons. The Morgan fingerprint density at radius 3 is 1.78 bits per heavy atom. The first kappa shape index (κ1) is 38.8. The molecule has 9 heteroatoms. The molecule has 300 valence electrons. The van der Waals surface area contributed by atoms with Gasteiger partial charge in [0.05, 0.1) is 105 Å². The van der Waals surface area contributed by atoms with Gasteiger partial charge in [-0.15, -0.1) is 0 Å². The molecule has 1 heterocycles. The maximum Gasteiger partial charge on any atom is 0.112 e. The van der Waals surface area contributed by atoms with E-state index < -0.39 is 5.60 Å². The summed E-state index contributed by atoms with van der Waals surface area (Å²) in [4.78, 5) is 6.34. The second kappa shape index (κ2) is 18.1. The zero-order chi connectivity index (χ0) is 39.2. The Morgan fingerprint density at radius 1 is 0.500 bits per heavy atom. The van der Waals surface area contributed by atoms with Crippen LogP contribution in [-0.2, 0) is 44.6 Å². The first-order chi connectivity index (χ1) is 28.7. The van der Waals surface area contributed by atoms with E-state index in [-0.39, 0.29) is 0 Å². The fourth-order valence-electron chi connectivity index (χ4n) is 8.36. The van der Waals surface area contributed by atoms with Crippen LogP contribution in [0.3, 0.4) is 0 Å². The van der Waals surface area contributed by atoms with Gasteiger partial charge in [-0.2, -0.15) is 0 Å². The predicted octanol–water partition coefficient (Wildman–Crippen LogP) is 9.31. The summed E-state index contributed by atoms with van der Waals surface area (Å²) in [5, 5.41) is 17.0. The van der Waals surface area contributed by atoms with Gasteiger partial charge in [-0.25, -0.2) is 0 Å². The Hall–Kier alpha value is -4.68. The molecule has 58 heavy (non-hydrogen) atoms. The van der Waals surface area contributed by atoms with Gasteiger partial charge < -0.3 is 33.2 Å². The van der Waals surface area contributed by atoms with Gasteiger partial charge in [-0.05, 0) is 77.8 Å². The normalized spacial score (nSPS) is 18.5. The number of ether oxygens (including phenoxy) is 7. The molecule has 8 aromatic rings. The van der Waals surface area contributed by atoms with E-state index in [4.69, 9.17) is 38.0 Å². The summed E-state index contributed by atoms with van der Waals surface area (Å²) in [5.41, 5.74) is 1.55. The Bertz CT molecular complexity index is 2520. The van der Waals surface area contributed by atoms with Gasteiger partial charge in [-0.3, -0.25) is 9.90 Å². The summed E-state index contributed by atoms with van der Waals surface area (Å²) in [6, 6.07) is 39.3. The monoisotopic (exact) mass is 781 g/mol. The van der Waals surface area contributed by atoms with E-state index in [1.807, 2.05) is 12.0 Å². The van der Waals surface area contributed by atoms with Gasteiger partial charge in [0, 0.05) is 5.39 Å². The average Bonchev–Trinajstić information content (AvgIpc) is 3.25. The van der Waals surface area contributed by atoms with Crippen molar-refractivity contribution in [3.8, 4) is 0 Å². The zero-order valence-corrected chi connectivity index (χ0v) is 33.2. The van der Waals surface area contributed by atoms with Crippen LogP contribution in [0, 0.1) is 0 Å². The van der Waals surface area contributed by atoms with Crippen LogP contribution in [0.2, 0.25) is 0 Å². The molecule has 0 spiro atoms. The third-order valence-electron chi connectivity index (χ3n) is 11.2. The van der Waals surface area contributed by atoms with Crippen molar-refractivity contribution in [2.24, 2.45) is 0 Å². The van der Waals surface area contributed by atoms with E-state index in [1.165, 1.54) is 64.8 Å². The summed E-state index contributed by atoms with van der Waals surface area (Å²) >= 11 is 0. The molecule has 1 saturated heterocycles. The molecule has 0 N–H and O–H groups in total. The topological polar surface area (TPSA) is 77.1 Å². The Labute approximate surface area is 338 Å². The minimum absolute atomic E-state index is 0.361. The molecule has 1 aliphatic rings. The molecule has 1 unspecified atom stereocenters. The van der Waals surface area contributed by atoms with E-state index in [9.17, 15) is 0 Å². The molecule has 0 amide bonds. The minimum atomic E-state index is -0.646. The van der Waals surface area contributed by atoms with Gasteiger partial charge >= 0.3 is 0 Å². The van der Waals surface area contributed by atoms with Crippen LogP contribution in [0.25, 0.3) is 64.6 Å². The molecule has 0 saturated carbocycles. The number of hydrogen-bond donors (Lipinski definition) is 0. The molecule has 0 aliphatic carbocycles. The van der Waals surface area contributed by atoms with Crippen LogP contribution in [0.1, 0.15) is 12.5 Å². The molecule has 1 fully saturated rings. The summed E-state index contributed by atoms with van der Waals surface area (Å²) in [6.45, 7) is 8.75. The van der Waals surface area contributed by atoms with Crippen molar-refractivity contribution < 1.29 is 38.0 Å². The number of anilines is 1. The van der Waals surface area contributed by atoms with Gasteiger partial charge in [-0.1, -0.05) is 103 Å². The SMILES string of the molecule is CC1(COCCOCCOCc2ccc3ccc4cccc5ccc2c3c45)COCCOCCN(c2ccc3ccc4cccc5ccc2c3c45)OCCOCCO1. The van der Waals surface area contributed by atoms with Crippen molar-refractivity contribution in [2.45, 2.75) is 19.1 Å². The van der Waals surface area contributed by atoms with Crippen LogP contribution in [0.4, 0.5) is 5.69 Å². The fourth-order valence-corrected chi connectivity index (χ4v) is 8.36. The Kier molecular flexibility index (Phi) is 12.1. The second-order valence-electron chi connectivity index (χ2n) is 15.3. The molecule has 0 aromatic heterocycles. The van der Waals surface area contributed by atoms with E-state index in [0.29, 0.717) is 99.0 Å². The van der Waals surface area contributed by atoms with E-state index in [2.05, 4.69) is 109 Å². The maximum atomic E-state index is 6.34. The number of hydrogen-bond acceptors (Lipinski definition) is 9. The second-order valence-corrected chi connectivity index (χ2v) is 15.3. The third kappa shape index (κ3) is 8.41. The molecular formula is C49H51NO8. The minimum Gasteiger partial charge on any atom is -0.377 e. The van der Waals surface area contributed by atoms with Gasteiger partial charge in [0.15, 0.2) is 0 Å².